The lowest BCUT2D eigenvalue weighted by Gasteiger charge is -2.21. The van der Waals surface area contributed by atoms with Crippen LogP contribution in [0.5, 0.6) is 0 Å². The van der Waals surface area contributed by atoms with Crippen LogP contribution in [0.25, 0.3) is 0 Å². The number of hydrogen-bond acceptors (Lipinski definition) is 4. The first-order chi connectivity index (χ1) is 11.5. The molecule has 0 radical (unpaired) electrons. The molecular weight excluding hydrogens is 379 g/mol. The molecular formula is C17H16BrFN2O3. The van der Waals surface area contributed by atoms with Gasteiger partial charge in [0.1, 0.15) is 11.5 Å². The molecule has 0 saturated carbocycles. The second-order valence-electron chi connectivity index (χ2n) is 4.98. The maximum atomic E-state index is 13.9. The van der Waals surface area contributed by atoms with Crippen molar-refractivity contribution in [3.63, 3.8) is 0 Å². The second kappa shape index (κ2) is 8.01. The number of halogens is 2. The van der Waals surface area contributed by atoms with Crippen LogP contribution in [0.15, 0.2) is 41.0 Å². The van der Waals surface area contributed by atoms with Gasteiger partial charge in [-0.15, -0.1) is 0 Å². The van der Waals surface area contributed by atoms with E-state index >= 15 is 0 Å². The maximum Gasteiger partial charge on any atom is 0.339 e. The standard InChI is InChI=1S/C17H16BrFN2O3/c1-3-21(10-12-8-13(18)5-6-14(12)19)16(22)15-7-4-11(9-20-15)17(23)24-2/h4-9H,3,10H2,1-2H3. The predicted molar refractivity (Wildman–Crippen MR) is 90.1 cm³/mol. The van der Waals surface area contributed by atoms with Gasteiger partial charge in [-0.3, -0.25) is 9.78 Å². The average Bonchev–Trinajstić information content (AvgIpc) is 2.61. The lowest BCUT2D eigenvalue weighted by atomic mass is 10.2. The maximum absolute atomic E-state index is 13.9. The Morgan fingerprint density at radius 2 is 2.04 bits per heavy atom. The summed E-state index contributed by atoms with van der Waals surface area (Å²) in [6.07, 6.45) is 1.28. The summed E-state index contributed by atoms with van der Waals surface area (Å²) in [7, 11) is 1.27. The van der Waals surface area contributed by atoms with Gasteiger partial charge in [0.25, 0.3) is 5.91 Å². The number of pyridine rings is 1. The minimum Gasteiger partial charge on any atom is -0.465 e. The zero-order valence-corrected chi connectivity index (χ0v) is 14.8. The normalized spacial score (nSPS) is 10.3. The summed E-state index contributed by atoms with van der Waals surface area (Å²) in [6, 6.07) is 7.51. The molecule has 0 N–H and O–H groups in total. The summed E-state index contributed by atoms with van der Waals surface area (Å²) in [6.45, 7) is 2.32. The predicted octanol–water partition coefficient (Wildman–Crippen LogP) is 3.43. The molecule has 24 heavy (non-hydrogen) atoms. The molecule has 0 fully saturated rings. The highest BCUT2D eigenvalue weighted by molar-refractivity contribution is 9.10. The fourth-order valence-corrected chi connectivity index (χ4v) is 2.53. The first-order valence-corrected chi connectivity index (χ1v) is 8.03. The molecule has 0 spiro atoms. The van der Waals surface area contributed by atoms with Crippen LogP contribution in [0, 0.1) is 5.82 Å². The van der Waals surface area contributed by atoms with E-state index in [0.29, 0.717) is 12.1 Å². The molecule has 7 heteroatoms. The molecule has 0 aliphatic rings. The smallest absolute Gasteiger partial charge is 0.339 e. The van der Waals surface area contributed by atoms with E-state index in [-0.39, 0.29) is 29.5 Å². The average molecular weight is 395 g/mol. The highest BCUT2D eigenvalue weighted by Crippen LogP contribution is 2.18. The van der Waals surface area contributed by atoms with E-state index < -0.39 is 5.97 Å². The molecule has 1 aromatic heterocycles. The van der Waals surface area contributed by atoms with Gasteiger partial charge in [0.2, 0.25) is 0 Å². The van der Waals surface area contributed by atoms with Crippen LogP contribution < -0.4 is 0 Å². The molecule has 0 aliphatic carbocycles. The van der Waals surface area contributed by atoms with E-state index in [1.807, 2.05) is 0 Å². The molecule has 2 rings (SSSR count). The quantitative estimate of drug-likeness (QED) is 0.728. The molecule has 0 unspecified atom stereocenters. The van der Waals surface area contributed by atoms with Crippen LogP contribution >= 0.6 is 15.9 Å². The van der Waals surface area contributed by atoms with Gasteiger partial charge in [-0.1, -0.05) is 15.9 Å². The van der Waals surface area contributed by atoms with Crippen molar-refractivity contribution in [2.45, 2.75) is 13.5 Å². The van der Waals surface area contributed by atoms with Crippen LogP contribution in [-0.4, -0.2) is 35.4 Å². The largest absolute Gasteiger partial charge is 0.465 e. The zero-order chi connectivity index (χ0) is 17.7. The number of methoxy groups -OCH3 is 1. The van der Waals surface area contributed by atoms with Gasteiger partial charge in [-0.2, -0.15) is 0 Å². The second-order valence-corrected chi connectivity index (χ2v) is 5.89. The fraction of sp³-hybridized carbons (Fsp3) is 0.235. The van der Waals surface area contributed by atoms with E-state index in [9.17, 15) is 14.0 Å². The minimum atomic E-state index is -0.523. The summed E-state index contributed by atoms with van der Waals surface area (Å²) in [5.41, 5.74) is 0.848. The van der Waals surface area contributed by atoms with Crippen molar-refractivity contribution in [2.75, 3.05) is 13.7 Å². The Morgan fingerprint density at radius 1 is 1.29 bits per heavy atom. The lowest BCUT2D eigenvalue weighted by molar-refractivity contribution is 0.0599. The number of benzene rings is 1. The number of carbonyl (C=O) groups excluding carboxylic acids is 2. The molecule has 126 valence electrons. The topological polar surface area (TPSA) is 59.5 Å². The van der Waals surface area contributed by atoms with Crippen LogP contribution in [0.1, 0.15) is 33.3 Å². The van der Waals surface area contributed by atoms with E-state index in [1.54, 1.807) is 19.1 Å². The Hall–Kier alpha value is -2.28. The van der Waals surface area contributed by atoms with Crippen molar-refractivity contribution in [1.29, 1.82) is 0 Å². The van der Waals surface area contributed by atoms with Gasteiger partial charge in [0.15, 0.2) is 0 Å². The zero-order valence-electron chi connectivity index (χ0n) is 13.3. The van der Waals surface area contributed by atoms with E-state index in [0.717, 1.165) is 4.47 Å². The summed E-state index contributed by atoms with van der Waals surface area (Å²) in [5.74, 6) is -1.24. The number of aromatic nitrogens is 1. The molecule has 0 bridgehead atoms. The Kier molecular flexibility index (Phi) is 6.03. The third-order valence-electron chi connectivity index (χ3n) is 3.44. The summed E-state index contributed by atoms with van der Waals surface area (Å²) >= 11 is 3.29. The molecule has 1 aromatic carbocycles. The van der Waals surface area contributed by atoms with Gasteiger partial charge >= 0.3 is 5.97 Å². The van der Waals surface area contributed by atoms with Gasteiger partial charge in [0.05, 0.1) is 12.7 Å². The Labute approximate surface area is 147 Å². The fourth-order valence-electron chi connectivity index (χ4n) is 2.12. The first kappa shape index (κ1) is 18.1. The molecule has 5 nitrogen and oxygen atoms in total. The van der Waals surface area contributed by atoms with Crippen molar-refractivity contribution < 1.29 is 18.7 Å². The number of nitrogens with zero attached hydrogens (tertiary/aromatic N) is 2. The Balaban J connectivity index is 2.19. The molecule has 1 heterocycles. The number of rotatable bonds is 5. The molecule has 1 amide bonds. The number of hydrogen-bond donors (Lipinski definition) is 0. The highest BCUT2D eigenvalue weighted by Gasteiger charge is 2.18. The summed E-state index contributed by atoms with van der Waals surface area (Å²) in [4.78, 5) is 29.4. The molecule has 0 atom stereocenters. The monoisotopic (exact) mass is 394 g/mol. The van der Waals surface area contributed by atoms with E-state index in [1.165, 1.54) is 36.4 Å². The van der Waals surface area contributed by atoms with Crippen molar-refractivity contribution in [1.82, 2.24) is 9.88 Å². The van der Waals surface area contributed by atoms with E-state index in [4.69, 9.17) is 0 Å². The van der Waals surface area contributed by atoms with Gasteiger partial charge in [-0.25, -0.2) is 9.18 Å². The van der Waals surface area contributed by atoms with Crippen LogP contribution in [-0.2, 0) is 11.3 Å². The summed E-state index contributed by atoms with van der Waals surface area (Å²) in [5, 5.41) is 0. The SMILES string of the molecule is CCN(Cc1cc(Br)ccc1F)C(=O)c1ccc(C(=O)OC)cn1. The van der Waals surface area contributed by atoms with Crippen LogP contribution in [0.2, 0.25) is 0 Å². The Bertz CT molecular complexity index is 750. The number of ether oxygens (including phenoxy) is 1. The van der Waals surface area contributed by atoms with Crippen molar-refractivity contribution in [2.24, 2.45) is 0 Å². The lowest BCUT2D eigenvalue weighted by Crippen LogP contribution is -2.31. The number of carbonyl (C=O) groups is 2. The van der Waals surface area contributed by atoms with E-state index in [2.05, 4.69) is 25.7 Å². The van der Waals surface area contributed by atoms with Crippen molar-refractivity contribution >= 4 is 27.8 Å². The van der Waals surface area contributed by atoms with Crippen LogP contribution in [0.3, 0.4) is 0 Å². The number of amides is 1. The van der Waals surface area contributed by atoms with Crippen molar-refractivity contribution in [3.8, 4) is 0 Å². The first-order valence-electron chi connectivity index (χ1n) is 7.23. The summed E-state index contributed by atoms with van der Waals surface area (Å²) < 4.78 is 19.2. The molecule has 2 aromatic rings. The Morgan fingerprint density at radius 3 is 2.62 bits per heavy atom. The number of esters is 1. The highest BCUT2D eigenvalue weighted by atomic mass is 79.9. The third-order valence-corrected chi connectivity index (χ3v) is 3.93. The van der Waals surface area contributed by atoms with Crippen molar-refractivity contribution in [3.05, 3.63) is 63.6 Å². The van der Waals surface area contributed by atoms with Gasteiger partial charge in [-0.05, 0) is 37.3 Å². The van der Waals surface area contributed by atoms with Gasteiger partial charge < -0.3 is 9.64 Å². The third kappa shape index (κ3) is 4.17. The molecule has 0 saturated heterocycles. The van der Waals surface area contributed by atoms with Gasteiger partial charge in [0, 0.05) is 29.3 Å². The minimum absolute atomic E-state index is 0.126. The van der Waals surface area contributed by atoms with Crippen LogP contribution in [0.4, 0.5) is 4.39 Å². The molecule has 0 aliphatic heterocycles.